The van der Waals surface area contributed by atoms with Gasteiger partial charge in [-0.2, -0.15) is 0 Å². The van der Waals surface area contributed by atoms with Gasteiger partial charge in [-0.1, -0.05) is 12.8 Å². The van der Waals surface area contributed by atoms with Gasteiger partial charge in [0.1, 0.15) is 0 Å². The minimum absolute atomic E-state index is 0.812. The van der Waals surface area contributed by atoms with Crippen molar-refractivity contribution in [2.75, 3.05) is 26.7 Å². The molecule has 1 saturated carbocycles. The number of likely N-dealkylation sites (N-methyl/N-ethyl adjacent to an activating group) is 1. The molecule has 0 radical (unpaired) electrons. The van der Waals surface area contributed by atoms with Crippen molar-refractivity contribution >= 4 is 0 Å². The first-order chi connectivity index (χ1) is 6.36. The third kappa shape index (κ3) is 2.96. The van der Waals surface area contributed by atoms with Crippen molar-refractivity contribution in [1.82, 2.24) is 10.2 Å². The quantitative estimate of drug-likeness (QED) is 0.708. The first-order valence-corrected chi connectivity index (χ1v) is 5.77. The summed E-state index contributed by atoms with van der Waals surface area (Å²) in [4.78, 5) is 2.56. The number of rotatable bonds is 4. The average molecular weight is 182 g/mol. The molecular formula is C11H22N2. The molecule has 0 aromatic heterocycles. The lowest BCUT2D eigenvalue weighted by Gasteiger charge is -2.31. The topological polar surface area (TPSA) is 15.3 Å². The van der Waals surface area contributed by atoms with Crippen molar-refractivity contribution in [2.24, 2.45) is 5.92 Å². The maximum atomic E-state index is 3.48. The van der Waals surface area contributed by atoms with Gasteiger partial charge in [-0.25, -0.2) is 0 Å². The standard InChI is InChI=1S/C11H22N2/c1-13(8-6-10-4-5-10)11-3-2-7-12-9-11/h10-12H,2-9H2,1H3. The maximum absolute atomic E-state index is 3.48. The molecule has 1 aliphatic heterocycles. The molecule has 2 heteroatoms. The van der Waals surface area contributed by atoms with Crippen molar-refractivity contribution in [1.29, 1.82) is 0 Å². The van der Waals surface area contributed by atoms with Gasteiger partial charge in [0.2, 0.25) is 0 Å². The van der Waals surface area contributed by atoms with Crippen LogP contribution in [0, 0.1) is 5.92 Å². The van der Waals surface area contributed by atoms with E-state index in [1.807, 2.05) is 0 Å². The molecule has 2 fully saturated rings. The second kappa shape index (κ2) is 4.43. The van der Waals surface area contributed by atoms with Crippen LogP contribution in [0.3, 0.4) is 0 Å². The van der Waals surface area contributed by atoms with E-state index in [-0.39, 0.29) is 0 Å². The van der Waals surface area contributed by atoms with Crippen LogP contribution in [0.4, 0.5) is 0 Å². The second-order valence-corrected chi connectivity index (χ2v) is 4.71. The monoisotopic (exact) mass is 182 g/mol. The molecule has 2 nitrogen and oxygen atoms in total. The average Bonchev–Trinajstić information content (AvgIpc) is 2.99. The van der Waals surface area contributed by atoms with E-state index in [0.29, 0.717) is 0 Å². The Bertz CT molecular complexity index is 148. The van der Waals surface area contributed by atoms with Crippen LogP contribution >= 0.6 is 0 Å². The number of nitrogens with one attached hydrogen (secondary N) is 1. The normalized spacial score (nSPS) is 29.5. The van der Waals surface area contributed by atoms with Crippen LogP contribution in [-0.4, -0.2) is 37.6 Å². The fraction of sp³-hybridized carbons (Fsp3) is 1.00. The molecule has 0 amide bonds. The summed E-state index contributed by atoms with van der Waals surface area (Å²) < 4.78 is 0. The van der Waals surface area contributed by atoms with Crippen LogP contribution in [0.1, 0.15) is 32.1 Å². The predicted molar refractivity (Wildman–Crippen MR) is 55.9 cm³/mol. The highest BCUT2D eigenvalue weighted by Crippen LogP contribution is 2.32. The molecule has 1 saturated heterocycles. The van der Waals surface area contributed by atoms with Crippen LogP contribution in [0.2, 0.25) is 0 Å². The SMILES string of the molecule is CN(CCC1CC1)C1CCCNC1. The first kappa shape index (κ1) is 9.47. The lowest BCUT2D eigenvalue weighted by atomic mass is 10.1. The van der Waals surface area contributed by atoms with E-state index in [4.69, 9.17) is 0 Å². The van der Waals surface area contributed by atoms with E-state index < -0.39 is 0 Å². The third-order valence-corrected chi connectivity index (χ3v) is 3.48. The van der Waals surface area contributed by atoms with Gasteiger partial charge in [0.15, 0.2) is 0 Å². The summed E-state index contributed by atoms with van der Waals surface area (Å²) in [6, 6.07) is 0.812. The molecule has 2 aliphatic rings. The van der Waals surface area contributed by atoms with Crippen molar-refractivity contribution < 1.29 is 0 Å². The van der Waals surface area contributed by atoms with Gasteiger partial charge in [0.05, 0.1) is 0 Å². The Morgan fingerprint density at radius 3 is 2.77 bits per heavy atom. The molecule has 1 N–H and O–H groups in total. The molecule has 13 heavy (non-hydrogen) atoms. The fourth-order valence-corrected chi connectivity index (χ4v) is 2.18. The Kier molecular flexibility index (Phi) is 3.23. The molecule has 2 rings (SSSR count). The highest BCUT2D eigenvalue weighted by atomic mass is 15.2. The maximum Gasteiger partial charge on any atom is 0.0218 e. The number of hydrogen-bond donors (Lipinski definition) is 1. The van der Waals surface area contributed by atoms with Crippen molar-refractivity contribution in [3.63, 3.8) is 0 Å². The van der Waals surface area contributed by atoms with Gasteiger partial charge in [-0.3, -0.25) is 0 Å². The van der Waals surface area contributed by atoms with E-state index in [2.05, 4.69) is 17.3 Å². The van der Waals surface area contributed by atoms with Crippen molar-refractivity contribution in [2.45, 2.75) is 38.1 Å². The van der Waals surface area contributed by atoms with Crippen LogP contribution in [0.15, 0.2) is 0 Å². The van der Waals surface area contributed by atoms with Gasteiger partial charge in [-0.15, -0.1) is 0 Å². The zero-order valence-corrected chi connectivity index (χ0v) is 8.76. The summed E-state index contributed by atoms with van der Waals surface area (Å²) in [5.41, 5.74) is 0. The molecule has 0 spiro atoms. The van der Waals surface area contributed by atoms with Gasteiger partial charge in [0.25, 0.3) is 0 Å². The summed E-state index contributed by atoms with van der Waals surface area (Å²) >= 11 is 0. The molecule has 1 aliphatic carbocycles. The third-order valence-electron chi connectivity index (χ3n) is 3.48. The predicted octanol–water partition coefficient (Wildman–Crippen LogP) is 1.47. The molecular weight excluding hydrogens is 160 g/mol. The zero-order chi connectivity index (χ0) is 9.10. The highest BCUT2D eigenvalue weighted by Gasteiger charge is 2.23. The van der Waals surface area contributed by atoms with Crippen LogP contribution in [-0.2, 0) is 0 Å². The molecule has 76 valence electrons. The summed E-state index contributed by atoms with van der Waals surface area (Å²) in [6.07, 6.45) is 7.19. The van der Waals surface area contributed by atoms with Crippen molar-refractivity contribution in [3.05, 3.63) is 0 Å². The number of hydrogen-bond acceptors (Lipinski definition) is 2. The second-order valence-electron chi connectivity index (χ2n) is 4.71. The van der Waals surface area contributed by atoms with E-state index in [1.165, 1.54) is 51.7 Å². The number of piperidine rings is 1. The lowest BCUT2D eigenvalue weighted by molar-refractivity contribution is 0.198. The molecule has 1 unspecified atom stereocenters. The molecule has 0 aromatic rings. The zero-order valence-electron chi connectivity index (χ0n) is 8.76. The van der Waals surface area contributed by atoms with E-state index in [9.17, 15) is 0 Å². The Labute approximate surface area is 81.7 Å². The van der Waals surface area contributed by atoms with E-state index in [0.717, 1.165) is 12.0 Å². The highest BCUT2D eigenvalue weighted by molar-refractivity contribution is 4.79. The molecule has 0 bridgehead atoms. The summed E-state index contributed by atoms with van der Waals surface area (Å²) in [5.74, 6) is 1.08. The van der Waals surface area contributed by atoms with Crippen LogP contribution in [0.25, 0.3) is 0 Å². The van der Waals surface area contributed by atoms with Crippen LogP contribution in [0.5, 0.6) is 0 Å². The minimum Gasteiger partial charge on any atom is -0.315 e. The summed E-state index contributed by atoms with van der Waals surface area (Å²) in [5, 5.41) is 3.48. The van der Waals surface area contributed by atoms with Gasteiger partial charge < -0.3 is 10.2 Å². The van der Waals surface area contributed by atoms with E-state index in [1.54, 1.807) is 0 Å². The fourth-order valence-electron chi connectivity index (χ4n) is 2.18. The summed E-state index contributed by atoms with van der Waals surface area (Å²) in [6.45, 7) is 3.76. The Balaban J connectivity index is 1.64. The Morgan fingerprint density at radius 2 is 2.15 bits per heavy atom. The smallest absolute Gasteiger partial charge is 0.0218 e. The van der Waals surface area contributed by atoms with E-state index >= 15 is 0 Å². The Hall–Kier alpha value is -0.0800. The Morgan fingerprint density at radius 1 is 1.31 bits per heavy atom. The first-order valence-electron chi connectivity index (χ1n) is 5.77. The minimum atomic E-state index is 0.812. The van der Waals surface area contributed by atoms with Gasteiger partial charge in [-0.05, 0) is 45.3 Å². The molecule has 0 aromatic carbocycles. The lowest BCUT2D eigenvalue weighted by Crippen LogP contribution is -2.44. The van der Waals surface area contributed by atoms with Gasteiger partial charge >= 0.3 is 0 Å². The number of nitrogens with zero attached hydrogens (tertiary/aromatic N) is 1. The van der Waals surface area contributed by atoms with Gasteiger partial charge in [0, 0.05) is 12.6 Å². The molecule has 1 heterocycles. The summed E-state index contributed by atoms with van der Waals surface area (Å²) in [7, 11) is 2.29. The van der Waals surface area contributed by atoms with Crippen LogP contribution < -0.4 is 5.32 Å². The molecule has 1 atom stereocenters. The largest absolute Gasteiger partial charge is 0.315 e. The van der Waals surface area contributed by atoms with Crippen molar-refractivity contribution in [3.8, 4) is 0 Å².